The Bertz CT molecular complexity index is 541. The number of aliphatic imine (C=N–C) groups is 1. The molecule has 0 spiro atoms. The average molecular weight is 387 g/mol. The number of pyridine rings is 1. The van der Waals surface area contributed by atoms with Crippen LogP contribution in [-0.4, -0.2) is 23.1 Å². The molecular formula is C13H18IN5O. The summed E-state index contributed by atoms with van der Waals surface area (Å²) in [6.07, 6.45) is 1.77. The van der Waals surface area contributed by atoms with Gasteiger partial charge in [-0.15, -0.1) is 24.0 Å². The third kappa shape index (κ3) is 5.16. The Hall–Kier alpha value is -1.64. The highest BCUT2D eigenvalue weighted by molar-refractivity contribution is 14.0. The molecule has 2 heterocycles. The van der Waals surface area contributed by atoms with Crippen LogP contribution in [0.25, 0.3) is 0 Å². The smallest absolute Gasteiger partial charge is 0.191 e. The van der Waals surface area contributed by atoms with Gasteiger partial charge in [-0.2, -0.15) is 0 Å². The SMILES string of the molecule is CN=C(NCc1ccccn1)NCc1cc(C)no1.I. The molecule has 0 bridgehead atoms. The van der Waals surface area contributed by atoms with E-state index in [9.17, 15) is 0 Å². The molecule has 0 atom stereocenters. The van der Waals surface area contributed by atoms with E-state index in [0.29, 0.717) is 19.0 Å². The number of nitrogens with one attached hydrogen (secondary N) is 2. The maximum absolute atomic E-state index is 5.11. The van der Waals surface area contributed by atoms with Crippen LogP contribution in [0.15, 0.2) is 40.0 Å². The van der Waals surface area contributed by atoms with Crippen LogP contribution in [0, 0.1) is 6.92 Å². The molecule has 0 fully saturated rings. The number of nitrogens with zero attached hydrogens (tertiary/aromatic N) is 3. The summed E-state index contributed by atoms with van der Waals surface area (Å²) < 4.78 is 5.11. The predicted octanol–water partition coefficient (Wildman–Crippen LogP) is 1.86. The van der Waals surface area contributed by atoms with Gasteiger partial charge in [0.25, 0.3) is 0 Å². The zero-order valence-electron chi connectivity index (χ0n) is 11.5. The Morgan fingerprint density at radius 3 is 2.70 bits per heavy atom. The van der Waals surface area contributed by atoms with Crippen molar-refractivity contribution in [1.29, 1.82) is 0 Å². The summed E-state index contributed by atoms with van der Waals surface area (Å²) in [6, 6.07) is 7.69. The van der Waals surface area contributed by atoms with Crippen LogP contribution in [0.1, 0.15) is 17.1 Å². The summed E-state index contributed by atoms with van der Waals surface area (Å²) in [5.74, 6) is 1.47. The molecule has 0 saturated carbocycles. The fraction of sp³-hybridized carbons (Fsp3) is 0.308. The van der Waals surface area contributed by atoms with Gasteiger partial charge in [0.2, 0.25) is 0 Å². The van der Waals surface area contributed by atoms with Crippen LogP contribution in [0.3, 0.4) is 0 Å². The highest BCUT2D eigenvalue weighted by Gasteiger charge is 2.02. The number of hydrogen-bond donors (Lipinski definition) is 2. The van der Waals surface area contributed by atoms with Gasteiger partial charge < -0.3 is 15.2 Å². The van der Waals surface area contributed by atoms with Gasteiger partial charge in [-0.25, -0.2) is 0 Å². The van der Waals surface area contributed by atoms with Gasteiger partial charge in [-0.05, 0) is 19.1 Å². The van der Waals surface area contributed by atoms with Crippen LogP contribution < -0.4 is 10.6 Å². The number of aryl methyl sites for hydroxylation is 1. The minimum absolute atomic E-state index is 0. The first-order valence-corrected chi connectivity index (χ1v) is 6.04. The molecule has 7 heteroatoms. The molecular weight excluding hydrogens is 369 g/mol. The molecule has 0 unspecified atom stereocenters. The first-order valence-electron chi connectivity index (χ1n) is 6.04. The average Bonchev–Trinajstić information content (AvgIpc) is 2.86. The molecule has 2 aromatic heterocycles. The lowest BCUT2D eigenvalue weighted by atomic mass is 10.3. The highest BCUT2D eigenvalue weighted by atomic mass is 127. The molecule has 0 radical (unpaired) electrons. The molecule has 2 rings (SSSR count). The third-order valence-corrected chi connectivity index (χ3v) is 2.49. The van der Waals surface area contributed by atoms with E-state index in [0.717, 1.165) is 17.1 Å². The normalized spacial score (nSPS) is 10.8. The lowest BCUT2D eigenvalue weighted by Crippen LogP contribution is -2.36. The molecule has 0 aromatic carbocycles. The van der Waals surface area contributed by atoms with E-state index < -0.39 is 0 Å². The fourth-order valence-electron chi connectivity index (χ4n) is 1.57. The molecule has 0 aliphatic carbocycles. The summed E-state index contributed by atoms with van der Waals surface area (Å²) in [4.78, 5) is 8.36. The molecule has 0 aliphatic heterocycles. The number of aromatic nitrogens is 2. The lowest BCUT2D eigenvalue weighted by molar-refractivity contribution is 0.376. The molecule has 2 N–H and O–H groups in total. The van der Waals surface area contributed by atoms with Gasteiger partial charge in [-0.3, -0.25) is 9.98 Å². The Morgan fingerprint density at radius 1 is 1.30 bits per heavy atom. The predicted molar refractivity (Wildman–Crippen MR) is 87.9 cm³/mol. The summed E-state index contributed by atoms with van der Waals surface area (Å²) in [7, 11) is 1.72. The van der Waals surface area contributed by atoms with Crippen molar-refractivity contribution in [2.24, 2.45) is 4.99 Å². The number of hydrogen-bond acceptors (Lipinski definition) is 4. The highest BCUT2D eigenvalue weighted by Crippen LogP contribution is 2.00. The Balaban J connectivity index is 0.00000200. The second-order valence-electron chi connectivity index (χ2n) is 4.04. The van der Waals surface area contributed by atoms with Crippen molar-refractivity contribution in [3.63, 3.8) is 0 Å². The molecule has 0 aliphatic rings. The molecule has 0 amide bonds. The minimum atomic E-state index is 0. The van der Waals surface area contributed by atoms with Gasteiger partial charge in [0.15, 0.2) is 11.7 Å². The van der Waals surface area contributed by atoms with Crippen molar-refractivity contribution >= 4 is 29.9 Å². The van der Waals surface area contributed by atoms with E-state index >= 15 is 0 Å². The Kier molecular flexibility index (Phi) is 6.99. The molecule has 2 aromatic rings. The topological polar surface area (TPSA) is 75.3 Å². The number of rotatable bonds is 4. The van der Waals surface area contributed by atoms with Crippen molar-refractivity contribution in [3.05, 3.63) is 47.6 Å². The van der Waals surface area contributed by atoms with E-state index in [-0.39, 0.29) is 24.0 Å². The van der Waals surface area contributed by atoms with E-state index in [2.05, 4.69) is 25.8 Å². The summed E-state index contributed by atoms with van der Waals surface area (Å²) in [6.45, 7) is 3.06. The first kappa shape index (κ1) is 16.4. The van der Waals surface area contributed by atoms with E-state index in [1.54, 1.807) is 13.2 Å². The molecule has 0 saturated heterocycles. The van der Waals surface area contributed by atoms with Gasteiger partial charge in [0, 0.05) is 19.3 Å². The van der Waals surface area contributed by atoms with Crippen LogP contribution >= 0.6 is 24.0 Å². The lowest BCUT2D eigenvalue weighted by Gasteiger charge is -2.10. The van der Waals surface area contributed by atoms with Crippen LogP contribution in [0.4, 0.5) is 0 Å². The van der Waals surface area contributed by atoms with Gasteiger partial charge >= 0.3 is 0 Å². The van der Waals surface area contributed by atoms with Crippen LogP contribution in [0.5, 0.6) is 0 Å². The van der Waals surface area contributed by atoms with Gasteiger partial charge in [0.1, 0.15) is 0 Å². The van der Waals surface area contributed by atoms with Crippen molar-refractivity contribution in [3.8, 4) is 0 Å². The Labute approximate surface area is 135 Å². The van der Waals surface area contributed by atoms with Crippen molar-refractivity contribution in [1.82, 2.24) is 20.8 Å². The first-order chi connectivity index (χ1) is 9.28. The summed E-state index contributed by atoms with van der Waals surface area (Å²) in [5, 5.41) is 10.2. The second-order valence-corrected chi connectivity index (χ2v) is 4.04. The van der Waals surface area contributed by atoms with Crippen molar-refractivity contribution < 1.29 is 4.52 Å². The molecule has 20 heavy (non-hydrogen) atoms. The number of guanidine groups is 1. The summed E-state index contributed by atoms with van der Waals surface area (Å²) >= 11 is 0. The van der Waals surface area contributed by atoms with E-state index in [1.165, 1.54) is 0 Å². The van der Waals surface area contributed by atoms with Crippen LogP contribution in [-0.2, 0) is 13.1 Å². The summed E-state index contributed by atoms with van der Waals surface area (Å²) in [5.41, 5.74) is 1.83. The maximum atomic E-state index is 5.11. The van der Waals surface area contributed by atoms with Crippen LogP contribution in [0.2, 0.25) is 0 Å². The zero-order valence-corrected chi connectivity index (χ0v) is 13.8. The van der Waals surface area contributed by atoms with Gasteiger partial charge in [0.05, 0.1) is 24.5 Å². The van der Waals surface area contributed by atoms with Crippen molar-refractivity contribution in [2.75, 3.05) is 7.05 Å². The Morgan fingerprint density at radius 2 is 2.10 bits per heavy atom. The maximum Gasteiger partial charge on any atom is 0.191 e. The zero-order chi connectivity index (χ0) is 13.5. The van der Waals surface area contributed by atoms with E-state index in [4.69, 9.17) is 4.52 Å². The monoisotopic (exact) mass is 387 g/mol. The largest absolute Gasteiger partial charge is 0.359 e. The third-order valence-electron chi connectivity index (χ3n) is 2.49. The molecule has 6 nitrogen and oxygen atoms in total. The quantitative estimate of drug-likeness (QED) is 0.476. The number of halogens is 1. The van der Waals surface area contributed by atoms with E-state index in [1.807, 2.05) is 31.2 Å². The standard InChI is InChI=1S/C13H17N5O.HI/c1-10-7-12(19-18-10)9-17-13(14-2)16-8-11-5-3-4-6-15-11;/h3-7H,8-9H2,1-2H3,(H2,14,16,17);1H. The minimum Gasteiger partial charge on any atom is -0.359 e. The molecule has 108 valence electrons. The second kappa shape index (κ2) is 8.51. The fourth-order valence-corrected chi connectivity index (χ4v) is 1.57. The van der Waals surface area contributed by atoms with Gasteiger partial charge in [-0.1, -0.05) is 11.2 Å². The van der Waals surface area contributed by atoms with Crippen molar-refractivity contribution in [2.45, 2.75) is 20.0 Å².